The van der Waals surface area contributed by atoms with Crippen molar-refractivity contribution in [2.75, 3.05) is 0 Å². The Morgan fingerprint density at radius 3 is 2.92 bits per heavy atom. The summed E-state index contributed by atoms with van der Waals surface area (Å²) in [5, 5.41) is 9.20. The molecule has 68 valence electrons. The molecule has 3 nitrogen and oxygen atoms in total. The first-order valence-electron chi connectivity index (χ1n) is 3.58. The van der Waals surface area contributed by atoms with Gasteiger partial charge >= 0.3 is 0 Å². The molecule has 0 radical (unpaired) electrons. The number of pyridine rings is 1. The molecule has 1 heterocycles. The largest absolute Gasteiger partial charge is 0.323 e. The van der Waals surface area contributed by atoms with Crippen molar-refractivity contribution in [3.8, 4) is 6.07 Å². The van der Waals surface area contributed by atoms with Crippen LogP contribution in [0, 0.1) is 11.3 Å². The molecule has 0 spiro atoms. The molecule has 1 aromatic heterocycles. The van der Waals surface area contributed by atoms with Crippen molar-refractivity contribution in [1.82, 2.24) is 4.98 Å². The van der Waals surface area contributed by atoms with Crippen molar-refractivity contribution in [2.24, 2.45) is 5.73 Å². The zero-order chi connectivity index (χ0) is 9.84. The Hall–Kier alpha value is -0.820. The lowest BCUT2D eigenvalue weighted by molar-refractivity contribution is 0.747. The smallest absolute Gasteiger partial charge is 0.129 e. The number of nitriles is 1. The first-order chi connectivity index (χ1) is 6.15. The highest BCUT2D eigenvalue weighted by atomic mass is 35.5. The minimum Gasteiger partial charge on any atom is -0.323 e. The molecular weight excluding hydrogens is 209 g/mol. The van der Waals surface area contributed by atoms with Gasteiger partial charge in [-0.2, -0.15) is 5.26 Å². The highest BCUT2D eigenvalue weighted by Crippen LogP contribution is 2.24. The van der Waals surface area contributed by atoms with Crippen LogP contribution < -0.4 is 5.73 Å². The minimum atomic E-state index is -0.405. The van der Waals surface area contributed by atoms with Gasteiger partial charge in [0.15, 0.2) is 0 Å². The van der Waals surface area contributed by atoms with Gasteiger partial charge in [-0.15, -0.1) is 0 Å². The lowest BCUT2D eigenvalue weighted by atomic mass is 10.1. The number of aromatic nitrogens is 1. The number of halogens is 2. The number of nitrogens with two attached hydrogens (primary N) is 1. The van der Waals surface area contributed by atoms with Crippen LogP contribution in [0.4, 0.5) is 0 Å². The Kier molecular flexibility index (Phi) is 3.49. The Balaban J connectivity index is 3.00. The van der Waals surface area contributed by atoms with Crippen LogP contribution in [0.15, 0.2) is 12.3 Å². The standard InChI is InChI=1S/C8H7Cl2N3/c9-6-4-13-8(10)3-5(6)7(12)1-2-11/h3-4,7H,1,12H2/t7-/m1/s1. The highest BCUT2D eigenvalue weighted by molar-refractivity contribution is 6.32. The maximum absolute atomic E-state index is 8.44. The molecule has 0 aliphatic carbocycles. The minimum absolute atomic E-state index is 0.208. The summed E-state index contributed by atoms with van der Waals surface area (Å²) in [6.45, 7) is 0. The zero-order valence-electron chi connectivity index (χ0n) is 6.67. The molecule has 1 rings (SSSR count). The summed E-state index contributed by atoms with van der Waals surface area (Å²) in [5.74, 6) is 0. The Bertz CT molecular complexity index is 346. The lowest BCUT2D eigenvalue weighted by Gasteiger charge is -2.09. The topological polar surface area (TPSA) is 62.7 Å². The summed E-state index contributed by atoms with van der Waals surface area (Å²) >= 11 is 11.5. The summed E-state index contributed by atoms with van der Waals surface area (Å²) in [6.07, 6.45) is 1.64. The molecule has 2 N–H and O–H groups in total. The highest BCUT2D eigenvalue weighted by Gasteiger charge is 2.10. The summed E-state index contributed by atoms with van der Waals surface area (Å²) in [7, 11) is 0. The van der Waals surface area contributed by atoms with Crippen molar-refractivity contribution in [3.63, 3.8) is 0 Å². The van der Waals surface area contributed by atoms with Crippen LogP contribution in [0.2, 0.25) is 10.2 Å². The number of hydrogen-bond acceptors (Lipinski definition) is 3. The van der Waals surface area contributed by atoms with Gasteiger partial charge in [0.2, 0.25) is 0 Å². The van der Waals surface area contributed by atoms with Gasteiger partial charge in [0.05, 0.1) is 17.5 Å². The molecule has 13 heavy (non-hydrogen) atoms. The third kappa shape index (κ3) is 2.56. The van der Waals surface area contributed by atoms with Gasteiger partial charge in [-0.1, -0.05) is 23.2 Å². The average molecular weight is 216 g/mol. The number of hydrogen-bond donors (Lipinski definition) is 1. The van der Waals surface area contributed by atoms with E-state index in [2.05, 4.69) is 4.98 Å². The SMILES string of the molecule is N#CC[C@@H](N)c1cc(Cl)ncc1Cl. The van der Waals surface area contributed by atoms with Crippen LogP contribution in [-0.2, 0) is 0 Å². The predicted molar refractivity (Wildman–Crippen MR) is 51.4 cm³/mol. The molecule has 0 amide bonds. The zero-order valence-corrected chi connectivity index (χ0v) is 8.18. The van der Waals surface area contributed by atoms with Crippen LogP contribution >= 0.6 is 23.2 Å². The van der Waals surface area contributed by atoms with Gasteiger partial charge in [0, 0.05) is 12.2 Å². The normalized spacial score (nSPS) is 12.2. The van der Waals surface area contributed by atoms with Gasteiger partial charge in [-0.05, 0) is 11.6 Å². The van der Waals surface area contributed by atoms with Crippen molar-refractivity contribution in [1.29, 1.82) is 5.26 Å². The monoisotopic (exact) mass is 215 g/mol. The molecular formula is C8H7Cl2N3. The molecule has 0 unspecified atom stereocenters. The van der Waals surface area contributed by atoms with Crippen LogP contribution in [0.5, 0.6) is 0 Å². The molecule has 0 fully saturated rings. The van der Waals surface area contributed by atoms with Gasteiger partial charge in [0.1, 0.15) is 5.15 Å². The summed E-state index contributed by atoms with van der Waals surface area (Å²) in [5.41, 5.74) is 6.34. The van der Waals surface area contributed by atoms with E-state index in [0.29, 0.717) is 15.7 Å². The first-order valence-corrected chi connectivity index (χ1v) is 4.34. The summed E-state index contributed by atoms with van der Waals surface area (Å²) in [4.78, 5) is 3.78. The summed E-state index contributed by atoms with van der Waals surface area (Å²) < 4.78 is 0. The second kappa shape index (κ2) is 4.43. The van der Waals surface area contributed by atoms with Crippen molar-refractivity contribution in [3.05, 3.63) is 28.0 Å². The molecule has 0 bridgehead atoms. The third-order valence-corrected chi connectivity index (χ3v) is 2.08. The van der Waals surface area contributed by atoms with Gasteiger partial charge in [-0.25, -0.2) is 4.98 Å². The van der Waals surface area contributed by atoms with E-state index >= 15 is 0 Å². The van der Waals surface area contributed by atoms with E-state index in [1.807, 2.05) is 6.07 Å². The van der Waals surface area contributed by atoms with E-state index in [1.54, 1.807) is 6.07 Å². The van der Waals surface area contributed by atoms with Crippen molar-refractivity contribution in [2.45, 2.75) is 12.5 Å². The van der Waals surface area contributed by atoms with Crippen LogP contribution in [-0.4, -0.2) is 4.98 Å². The molecule has 1 atom stereocenters. The van der Waals surface area contributed by atoms with E-state index in [4.69, 9.17) is 34.2 Å². The van der Waals surface area contributed by atoms with E-state index in [9.17, 15) is 0 Å². The van der Waals surface area contributed by atoms with E-state index in [0.717, 1.165) is 0 Å². The fourth-order valence-electron chi connectivity index (χ4n) is 0.920. The Labute approximate surface area is 86.1 Å². The Morgan fingerprint density at radius 1 is 1.62 bits per heavy atom. The van der Waals surface area contributed by atoms with Crippen LogP contribution in [0.3, 0.4) is 0 Å². The molecule has 0 aliphatic rings. The second-order valence-electron chi connectivity index (χ2n) is 2.50. The molecule has 0 saturated heterocycles. The fraction of sp³-hybridized carbons (Fsp3) is 0.250. The lowest BCUT2D eigenvalue weighted by Crippen LogP contribution is -2.10. The number of nitrogens with zero attached hydrogens (tertiary/aromatic N) is 2. The Morgan fingerprint density at radius 2 is 2.31 bits per heavy atom. The van der Waals surface area contributed by atoms with Crippen LogP contribution in [0.1, 0.15) is 18.0 Å². The maximum atomic E-state index is 8.44. The van der Waals surface area contributed by atoms with Crippen molar-refractivity contribution < 1.29 is 0 Å². The van der Waals surface area contributed by atoms with Gasteiger partial charge in [0.25, 0.3) is 0 Å². The fourth-order valence-corrected chi connectivity index (χ4v) is 1.33. The van der Waals surface area contributed by atoms with E-state index < -0.39 is 6.04 Å². The molecule has 0 aliphatic heterocycles. The van der Waals surface area contributed by atoms with Crippen LogP contribution in [0.25, 0.3) is 0 Å². The van der Waals surface area contributed by atoms with Crippen molar-refractivity contribution >= 4 is 23.2 Å². The van der Waals surface area contributed by atoms with E-state index in [-0.39, 0.29) is 6.42 Å². The molecule has 0 saturated carbocycles. The van der Waals surface area contributed by atoms with Gasteiger partial charge in [-0.3, -0.25) is 0 Å². The van der Waals surface area contributed by atoms with Gasteiger partial charge < -0.3 is 5.73 Å². The number of rotatable bonds is 2. The third-order valence-electron chi connectivity index (χ3n) is 1.56. The second-order valence-corrected chi connectivity index (χ2v) is 3.29. The predicted octanol–water partition coefficient (Wildman–Crippen LogP) is 2.30. The molecule has 0 aromatic carbocycles. The first kappa shape index (κ1) is 10.3. The molecule has 1 aromatic rings. The maximum Gasteiger partial charge on any atom is 0.129 e. The average Bonchev–Trinajstić information content (AvgIpc) is 2.09. The quantitative estimate of drug-likeness (QED) is 0.771. The summed E-state index contributed by atoms with van der Waals surface area (Å²) in [6, 6.07) is 3.14. The van der Waals surface area contributed by atoms with E-state index in [1.165, 1.54) is 6.20 Å². The molecule has 5 heteroatoms.